The standard InChI is InChI=1S/C17H17IN2Si/c1-21(2,3)13-12-14-4-8-16(9-5-14)19-20-17-10-6-15(18)7-11-17/h4-11H,1-3H3. The molecule has 0 bridgehead atoms. The van der Waals surface area contributed by atoms with Gasteiger partial charge in [0.2, 0.25) is 0 Å². The van der Waals surface area contributed by atoms with Crippen LogP contribution in [0.1, 0.15) is 5.56 Å². The van der Waals surface area contributed by atoms with Crippen molar-refractivity contribution in [1.29, 1.82) is 0 Å². The third kappa shape index (κ3) is 5.82. The van der Waals surface area contributed by atoms with E-state index in [0.717, 1.165) is 16.9 Å². The number of azo groups is 1. The molecule has 0 atom stereocenters. The number of rotatable bonds is 2. The molecule has 21 heavy (non-hydrogen) atoms. The molecule has 106 valence electrons. The topological polar surface area (TPSA) is 24.7 Å². The molecule has 0 spiro atoms. The Morgan fingerprint density at radius 2 is 1.29 bits per heavy atom. The number of hydrogen-bond acceptors (Lipinski definition) is 2. The van der Waals surface area contributed by atoms with Crippen molar-refractivity contribution in [2.24, 2.45) is 10.2 Å². The Morgan fingerprint density at radius 1 is 0.810 bits per heavy atom. The van der Waals surface area contributed by atoms with Crippen molar-refractivity contribution in [1.82, 2.24) is 0 Å². The van der Waals surface area contributed by atoms with Gasteiger partial charge in [0.25, 0.3) is 0 Å². The van der Waals surface area contributed by atoms with E-state index in [-0.39, 0.29) is 0 Å². The molecule has 2 nitrogen and oxygen atoms in total. The fraction of sp³-hybridized carbons (Fsp3) is 0.176. The van der Waals surface area contributed by atoms with Gasteiger partial charge in [0.15, 0.2) is 0 Å². The highest BCUT2D eigenvalue weighted by Gasteiger charge is 2.07. The van der Waals surface area contributed by atoms with Crippen molar-refractivity contribution in [3.63, 3.8) is 0 Å². The summed E-state index contributed by atoms with van der Waals surface area (Å²) in [6, 6.07) is 15.8. The summed E-state index contributed by atoms with van der Waals surface area (Å²) in [5, 5.41) is 8.46. The molecular weight excluding hydrogens is 387 g/mol. The molecule has 0 saturated carbocycles. The molecule has 0 amide bonds. The van der Waals surface area contributed by atoms with E-state index < -0.39 is 8.07 Å². The van der Waals surface area contributed by atoms with Gasteiger partial charge in [0.1, 0.15) is 8.07 Å². The van der Waals surface area contributed by atoms with Crippen LogP contribution in [0.2, 0.25) is 19.6 Å². The van der Waals surface area contributed by atoms with Crippen LogP contribution < -0.4 is 0 Å². The average molecular weight is 404 g/mol. The van der Waals surface area contributed by atoms with E-state index in [1.54, 1.807) is 0 Å². The quantitative estimate of drug-likeness (QED) is 0.256. The van der Waals surface area contributed by atoms with Gasteiger partial charge in [0, 0.05) is 9.13 Å². The van der Waals surface area contributed by atoms with Gasteiger partial charge in [0.05, 0.1) is 11.4 Å². The highest BCUT2D eigenvalue weighted by atomic mass is 127. The maximum absolute atomic E-state index is 4.24. The second kappa shape index (κ2) is 7.01. The predicted octanol–water partition coefficient (Wildman–Crippen LogP) is 5.94. The third-order valence-corrected chi connectivity index (χ3v) is 4.15. The van der Waals surface area contributed by atoms with Crippen molar-refractivity contribution in [2.75, 3.05) is 0 Å². The lowest BCUT2D eigenvalue weighted by atomic mass is 10.2. The largest absolute Gasteiger partial charge is 0.151 e. The Balaban J connectivity index is 2.08. The van der Waals surface area contributed by atoms with Crippen LogP contribution in [0.5, 0.6) is 0 Å². The Labute approximate surface area is 140 Å². The number of nitrogens with zero attached hydrogens (tertiary/aromatic N) is 2. The van der Waals surface area contributed by atoms with Crippen LogP contribution in [-0.2, 0) is 0 Å². The number of halogens is 1. The molecule has 0 unspecified atom stereocenters. The first-order valence-corrected chi connectivity index (χ1v) is 11.3. The summed E-state index contributed by atoms with van der Waals surface area (Å²) in [5.74, 6) is 3.23. The van der Waals surface area contributed by atoms with E-state index in [0.29, 0.717) is 0 Å². The Hall–Kier alpha value is -1.45. The minimum atomic E-state index is -1.32. The van der Waals surface area contributed by atoms with Crippen LogP contribution >= 0.6 is 22.6 Å². The summed E-state index contributed by atoms with van der Waals surface area (Å²) in [5.41, 5.74) is 6.09. The van der Waals surface area contributed by atoms with Crippen molar-refractivity contribution >= 4 is 42.0 Å². The molecule has 0 aromatic heterocycles. The van der Waals surface area contributed by atoms with Crippen molar-refractivity contribution in [3.05, 3.63) is 57.7 Å². The van der Waals surface area contributed by atoms with Crippen LogP contribution in [0, 0.1) is 15.0 Å². The minimum absolute atomic E-state index is 0.840. The molecule has 0 radical (unpaired) electrons. The SMILES string of the molecule is C[Si](C)(C)C#Cc1ccc(N=Nc2ccc(I)cc2)cc1. The van der Waals surface area contributed by atoms with Gasteiger partial charge in [-0.1, -0.05) is 25.6 Å². The summed E-state index contributed by atoms with van der Waals surface area (Å²) in [6.07, 6.45) is 0. The number of hydrogen-bond donors (Lipinski definition) is 0. The van der Waals surface area contributed by atoms with Crippen LogP contribution in [0.3, 0.4) is 0 Å². The Kier molecular flexibility index (Phi) is 5.31. The molecule has 2 aromatic carbocycles. The molecule has 0 saturated heterocycles. The maximum Gasteiger partial charge on any atom is 0.129 e. The molecule has 0 aliphatic rings. The fourth-order valence-corrected chi connectivity index (χ4v) is 2.37. The predicted molar refractivity (Wildman–Crippen MR) is 100 cm³/mol. The van der Waals surface area contributed by atoms with E-state index in [1.807, 2.05) is 48.5 Å². The van der Waals surface area contributed by atoms with Gasteiger partial charge in [-0.3, -0.25) is 0 Å². The fourth-order valence-electron chi connectivity index (χ4n) is 1.49. The van der Waals surface area contributed by atoms with E-state index in [9.17, 15) is 0 Å². The smallest absolute Gasteiger partial charge is 0.129 e. The molecule has 2 rings (SSSR count). The minimum Gasteiger partial charge on any atom is -0.151 e. The van der Waals surface area contributed by atoms with Crippen LogP contribution in [0.25, 0.3) is 0 Å². The van der Waals surface area contributed by atoms with Crippen molar-refractivity contribution in [2.45, 2.75) is 19.6 Å². The second-order valence-corrected chi connectivity index (χ2v) is 11.7. The summed E-state index contributed by atoms with van der Waals surface area (Å²) in [4.78, 5) is 0. The maximum atomic E-state index is 4.24. The summed E-state index contributed by atoms with van der Waals surface area (Å²) >= 11 is 2.27. The summed E-state index contributed by atoms with van der Waals surface area (Å²) in [7, 11) is -1.32. The van der Waals surface area contributed by atoms with E-state index >= 15 is 0 Å². The van der Waals surface area contributed by atoms with Gasteiger partial charge in [-0.15, -0.1) is 5.54 Å². The molecule has 0 heterocycles. The Bertz CT molecular complexity index is 687. The Morgan fingerprint density at radius 3 is 1.76 bits per heavy atom. The lowest BCUT2D eigenvalue weighted by Gasteiger charge is -2.03. The second-order valence-electron chi connectivity index (χ2n) is 5.72. The van der Waals surface area contributed by atoms with E-state index in [1.165, 1.54) is 3.57 Å². The monoisotopic (exact) mass is 404 g/mol. The van der Waals surface area contributed by atoms with Gasteiger partial charge in [-0.2, -0.15) is 10.2 Å². The van der Waals surface area contributed by atoms with Crippen molar-refractivity contribution < 1.29 is 0 Å². The van der Waals surface area contributed by atoms with Gasteiger partial charge >= 0.3 is 0 Å². The first-order chi connectivity index (χ1) is 9.92. The average Bonchev–Trinajstić information content (AvgIpc) is 2.45. The third-order valence-electron chi connectivity index (χ3n) is 2.56. The highest BCUT2D eigenvalue weighted by Crippen LogP contribution is 2.19. The molecule has 2 aromatic rings. The first-order valence-electron chi connectivity index (χ1n) is 6.73. The van der Waals surface area contributed by atoms with Gasteiger partial charge in [-0.25, -0.2) is 0 Å². The highest BCUT2D eigenvalue weighted by molar-refractivity contribution is 14.1. The zero-order chi connectivity index (χ0) is 15.3. The zero-order valence-electron chi connectivity index (χ0n) is 12.4. The zero-order valence-corrected chi connectivity index (χ0v) is 15.5. The summed E-state index contributed by atoms with van der Waals surface area (Å²) < 4.78 is 1.19. The lowest BCUT2D eigenvalue weighted by Crippen LogP contribution is -2.16. The molecular formula is C17H17IN2Si. The normalized spacial score (nSPS) is 11.2. The number of benzene rings is 2. The molecule has 0 fully saturated rings. The lowest BCUT2D eigenvalue weighted by molar-refractivity contribution is 1.23. The van der Waals surface area contributed by atoms with Gasteiger partial charge < -0.3 is 0 Å². The summed E-state index contributed by atoms with van der Waals surface area (Å²) in [6.45, 7) is 6.72. The van der Waals surface area contributed by atoms with E-state index in [2.05, 4.69) is 63.9 Å². The van der Waals surface area contributed by atoms with Crippen LogP contribution in [0.15, 0.2) is 58.8 Å². The van der Waals surface area contributed by atoms with E-state index in [4.69, 9.17) is 0 Å². The van der Waals surface area contributed by atoms with Crippen LogP contribution in [-0.4, -0.2) is 8.07 Å². The molecule has 0 aliphatic carbocycles. The van der Waals surface area contributed by atoms with Gasteiger partial charge in [-0.05, 0) is 71.1 Å². The molecule has 4 heteroatoms. The van der Waals surface area contributed by atoms with Crippen molar-refractivity contribution in [3.8, 4) is 11.5 Å². The molecule has 0 aliphatic heterocycles. The first kappa shape index (κ1) is 15.9. The van der Waals surface area contributed by atoms with Crippen LogP contribution in [0.4, 0.5) is 11.4 Å². The molecule has 0 N–H and O–H groups in total.